The fraction of sp³-hybridized carbons (Fsp3) is 0.947. The normalized spacial score (nSPS) is 13.9. The van der Waals surface area contributed by atoms with Crippen molar-refractivity contribution in [3.63, 3.8) is 0 Å². The summed E-state index contributed by atoms with van der Waals surface area (Å²) in [4.78, 5) is 72.6. The summed E-state index contributed by atoms with van der Waals surface area (Å²) in [5, 5.41) is 10.6. The quantitative estimate of drug-likeness (QED) is 0.0222. The van der Waals surface area contributed by atoms with Crippen molar-refractivity contribution in [1.82, 2.24) is 0 Å². The summed E-state index contributed by atoms with van der Waals surface area (Å²) >= 11 is 0. The summed E-state index contributed by atoms with van der Waals surface area (Å²) in [5.74, 6) is -2.12. The molecular weight excluding hydrogens is 1230 g/mol. The number of carbonyl (C=O) groups excluding carboxylic acids is 4. The van der Waals surface area contributed by atoms with Gasteiger partial charge in [-0.15, -0.1) is 0 Å². The number of phosphoric ester groups is 2. The highest BCUT2D eigenvalue weighted by Gasteiger charge is 2.30. The lowest BCUT2D eigenvalue weighted by Gasteiger charge is -2.21. The van der Waals surface area contributed by atoms with Crippen LogP contribution in [-0.2, 0) is 65.4 Å². The van der Waals surface area contributed by atoms with Gasteiger partial charge in [-0.05, 0) is 25.7 Å². The molecule has 0 saturated heterocycles. The van der Waals surface area contributed by atoms with Crippen LogP contribution in [0.25, 0.3) is 0 Å². The van der Waals surface area contributed by atoms with Gasteiger partial charge in [0.05, 0.1) is 26.4 Å². The topological polar surface area (TPSA) is 237 Å². The predicted octanol–water partition coefficient (Wildman–Crippen LogP) is 22.2. The number of aliphatic hydroxyl groups is 1. The molecule has 0 saturated carbocycles. The standard InChI is InChI=1S/C75H146O17P2/c1-5-9-13-17-21-24-27-29-31-33-34-36-38-40-43-46-50-54-58-62-75(80)92-71(66-86-73(78)60-56-52-48-44-42-39-37-35-32-30-28-25-22-18-14-10-6-2)68-90-94(83,84)88-64-69(76)63-87-93(81,82)89-67-70(65-85-72(77)59-55-51-47-20-16-12-8-4)91-74(79)61-57-53-49-45-41-26-23-19-15-11-7-3/h69-71,76H,5-68H2,1-4H3,(H,81,82)(H,83,84)/t69-,70+,71+/m0/s1. The molecule has 5 atom stereocenters. The molecule has 0 bridgehead atoms. The van der Waals surface area contributed by atoms with E-state index in [1.807, 2.05) is 0 Å². The highest BCUT2D eigenvalue weighted by atomic mass is 31.2. The summed E-state index contributed by atoms with van der Waals surface area (Å²) in [6, 6.07) is 0. The van der Waals surface area contributed by atoms with Gasteiger partial charge in [0.25, 0.3) is 0 Å². The van der Waals surface area contributed by atoms with Crippen LogP contribution in [0.15, 0.2) is 0 Å². The number of esters is 4. The van der Waals surface area contributed by atoms with E-state index in [9.17, 15) is 43.2 Å². The SMILES string of the molecule is CCCCCCCCCCCCCCCCCCCCCC(=O)O[C@H](COC(=O)CCCCCCCCCCCCCCCCCCC)COP(=O)(O)OC[C@@H](O)COP(=O)(O)OC[C@@H](COC(=O)CCCCCCCCC)OC(=O)CCCCCCCCCCCCC. The molecule has 0 spiro atoms. The van der Waals surface area contributed by atoms with Gasteiger partial charge in [-0.25, -0.2) is 9.13 Å². The van der Waals surface area contributed by atoms with Crippen molar-refractivity contribution < 1.29 is 80.2 Å². The van der Waals surface area contributed by atoms with Crippen LogP contribution in [0.1, 0.15) is 400 Å². The Labute approximate surface area is 575 Å². The maximum absolute atomic E-state index is 13.1. The average molecular weight is 1380 g/mol. The molecule has 0 aromatic rings. The van der Waals surface area contributed by atoms with Gasteiger partial charge in [-0.1, -0.05) is 349 Å². The van der Waals surface area contributed by atoms with Crippen LogP contribution in [0, 0.1) is 0 Å². The van der Waals surface area contributed by atoms with E-state index in [2.05, 4.69) is 27.7 Å². The summed E-state index contributed by atoms with van der Waals surface area (Å²) in [5.41, 5.74) is 0. The van der Waals surface area contributed by atoms with Crippen LogP contribution < -0.4 is 0 Å². The molecule has 0 aliphatic carbocycles. The Kier molecular flexibility index (Phi) is 68.1. The van der Waals surface area contributed by atoms with Crippen molar-refractivity contribution in [2.45, 2.75) is 418 Å². The third-order valence-corrected chi connectivity index (χ3v) is 19.5. The number of rotatable bonds is 76. The summed E-state index contributed by atoms with van der Waals surface area (Å²) < 4.78 is 68.4. The second-order valence-corrected chi connectivity index (χ2v) is 29.9. The molecule has 0 aromatic heterocycles. The molecule has 0 fully saturated rings. The van der Waals surface area contributed by atoms with Gasteiger partial charge in [0, 0.05) is 25.7 Å². The first kappa shape index (κ1) is 92.1. The van der Waals surface area contributed by atoms with Crippen LogP contribution in [0.5, 0.6) is 0 Å². The lowest BCUT2D eigenvalue weighted by Crippen LogP contribution is -2.30. The lowest BCUT2D eigenvalue weighted by molar-refractivity contribution is -0.161. The van der Waals surface area contributed by atoms with E-state index in [1.165, 1.54) is 218 Å². The van der Waals surface area contributed by atoms with Crippen molar-refractivity contribution in [3.8, 4) is 0 Å². The van der Waals surface area contributed by atoms with Crippen LogP contribution in [-0.4, -0.2) is 96.7 Å². The number of unbranched alkanes of at least 4 members (excludes halogenated alkanes) is 50. The molecule has 0 heterocycles. The molecule has 0 aliphatic rings. The Balaban J connectivity index is 5.17. The third kappa shape index (κ3) is 68.6. The molecule has 94 heavy (non-hydrogen) atoms. The smallest absolute Gasteiger partial charge is 0.462 e. The van der Waals surface area contributed by atoms with Crippen molar-refractivity contribution in [3.05, 3.63) is 0 Å². The minimum absolute atomic E-state index is 0.107. The fourth-order valence-corrected chi connectivity index (χ4v) is 13.2. The molecule has 3 N–H and O–H groups in total. The zero-order valence-electron chi connectivity index (χ0n) is 60.9. The number of aliphatic hydroxyl groups excluding tert-OH is 1. The van der Waals surface area contributed by atoms with Gasteiger partial charge >= 0.3 is 39.5 Å². The number of carbonyl (C=O) groups is 4. The molecule has 0 radical (unpaired) electrons. The first-order valence-electron chi connectivity index (χ1n) is 39.3. The number of hydrogen-bond donors (Lipinski definition) is 3. The Morgan fingerprint density at radius 3 is 0.628 bits per heavy atom. The zero-order valence-corrected chi connectivity index (χ0v) is 62.7. The molecule has 558 valence electrons. The molecule has 19 heteroatoms. The summed E-state index contributed by atoms with van der Waals surface area (Å²) in [6.07, 6.45) is 59.8. The van der Waals surface area contributed by atoms with Crippen molar-refractivity contribution >= 4 is 39.5 Å². The van der Waals surface area contributed by atoms with E-state index in [4.69, 9.17) is 37.0 Å². The molecule has 0 amide bonds. The van der Waals surface area contributed by atoms with Gasteiger partial charge in [0.2, 0.25) is 0 Å². The van der Waals surface area contributed by atoms with Gasteiger partial charge in [-0.3, -0.25) is 37.3 Å². The van der Waals surface area contributed by atoms with Gasteiger partial charge in [0.1, 0.15) is 19.3 Å². The van der Waals surface area contributed by atoms with Crippen LogP contribution in [0.2, 0.25) is 0 Å². The second kappa shape index (κ2) is 69.5. The highest BCUT2D eigenvalue weighted by molar-refractivity contribution is 7.47. The number of phosphoric acid groups is 2. The maximum Gasteiger partial charge on any atom is 0.472 e. The molecule has 17 nitrogen and oxygen atoms in total. The Hall–Kier alpha value is -1.94. The van der Waals surface area contributed by atoms with Gasteiger partial charge < -0.3 is 33.8 Å². The summed E-state index contributed by atoms with van der Waals surface area (Å²) in [7, 11) is -9.90. The largest absolute Gasteiger partial charge is 0.472 e. The maximum atomic E-state index is 13.1. The van der Waals surface area contributed by atoms with Crippen LogP contribution in [0.3, 0.4) is 0 Å². The van der Waals surface area contributed by atoms with E-state index >= 15 is 0 Å². The van der Waals surface area contributed by atoms with Crippen LogP contribution >= 0.6 is 15.6 Å². The molecule has 0 aliphatic heterocycles. The number of hydrogen-bond acceptors (Lipinski definition) is 15. The van der Waals surface area contributed by atoms with E-state index in [0.29, 0.717) is 25.7 Å². The lowest BCUT2D eigenvalue weighted by atomic mass is 10.0. The van der Waals surface area contributed by atoms with Crippen LogP contribution in [0.4, 0.5) is 0 Å². The first-order valence-corrected chi connectivity index (χ1v) is 42.3. The Morgan fingerprint density at radius 2 is 0.426 bits per heavy atom. The molecule has 2 unspecified atom stereocenters. The fourth-order valence-electron chi connectivity index (χ4n) is 11.6. The minimum atomic E-state index is -4.95. The molecule has 0 aromatic carbocycles. The number of ether oxygens (including phenoxy) is 4. The van der Waals surface area contributed by atoms with E-state index in [-0.39, 0.29) is 25.7 Å². The van der Waals surface area contributed by atoms with E-state index < -0.39 is 97.5 Å². The van der Waals surface area contributed by atoms with E-state index in [1.54, 1.807) is 0 Å². The monoisotopic (exact) mass is 1380 g/mol. The van der Waals surface area contributed by atoms with Crippen molar-refractivity contribution in [1.29, 1.82) is 0 Å². The Morgan fingerprint density at radius 1 is 0.255 bits per heavy atom. The van der Waals surface area contributed by atoms with Crippen molar-refractivity contribution in [2.75, 3.05) is 39.6 Å². The zero-order chi connectivity index (χ0) is 69.0. The van der Waals surface area contributed by atoms with Crippen molar-refractivity contribution in [2.24, 2.45) is 0 Å². The molecule has 0 rings (SSSR count). The van der Waals surface area contributed by atoms with E-state index in [0.717, 1.165) is 103 Å². The predicted molar refractivity (Wildman–Crippen MR) is 382 cm³/mol. The van der Waals surface area contributed by atoms with Gasteiger partial charge in [-0.2, -0.15) is 0 Å². The third-order valence-electron chi connectivity index (χ3n) is 17.6. The first-order chi connectivity index (χ1) is 45.7. The average Bonchev–Trinajstić information content (AvgIpc) is 1.84. The second-order valence-electron chi connectivity index (χ2n) is 27.0. The minimum Gasteiger partial charge on any atom is -0.462 e. The summed E-state index contributed by atoms with van der Waals surface area (Å²) in [6.45, 7) is 4.94. The Bertz CT molecular complexity index is 1790. The van der Waals surface area contributed by atoms with Gasteiger partial charge in [0.15, 0.2) is 12.2 Å². The molecular formula is C75H146O17P2. The highest BCUT2D eigenvalue weighted by Crippen LogP contribution is 2.45.